The minimum atomic E-state index is -4.01. The van der Waals surface area contributed by atoms with E-state index in [2.05, 4.69) is 0 Å². The molecule has 1 heterocycles. The molecule has 0 saturated carbocycles. The smallest absolute Gasteiger partial charge is 0.335 e. The zero-order valence-corrected chi connectivity index (χ0v) is 16.0. The largest absolute Gasteiger partial charge is 0.463 e. The van der Waals surface area contributed by atoms with Gasteiger partial charge in [0.25, 0.3) is 0 Å². The van der Waals surface area contributed by atoms with E-state index in [4.69, 9.17) is 16.3 Å². The summed E-state index contributed by atoms with van der Waals surface area (Å²) in [5.41, 5.74) is 0.655. The highest BCUT2D eigenvalue weighted by molar-refractivity contribution is 7.89. The predicted molar refractivity (Wildman–Crippen MR) is 99.2 cm³/mol. The van der Waals surface area contributed by atoms with E-state index in [9.17, 15) is 17.6 Å². The third-order valence-corrected chi connectivity index (χ3v) is 6.52. The first-order valence-corrected chi connectivity index (χ1v) is 10.1. The number of hydrogen-bond acceptors (Lipinski definition) is 4. The van der Waals surface area contributed by atoms with Crippen LogP contribution in [0.4, 0.5) is 4.39 Å². The third-order valence-electron chi connectivity index (χ3n) is 4.19. The highest BCUT2D eigenvalue weighted by Crippen LogP contribution is 2.39. The Balaban J connectivity index is 2.08. The van der Waals surface area contributed by atoms with Gasteiger partial charge >= 0.3 is 5.97 Å². The summed E-state index contributed by atoms with van der Waals surface area (Å²) in [5.74, 6) is -1.07. The van der Waals surface area contributed by atoms with E-state index in [0.717, 1.165) is 4.31 Å². The lowest BCUT2D eigenvalue weighted by molar-refractivity contribution is -0.138. The Morgan fingerprint density at radius 2 is 1.89 bits per heavy atom. The first-order chi connectivity index (χ1) is 12.9. The van der Waals surface area contributed by atoms with Crippen LogP contribution in [0.3, 0.4) is 0 Å². The number of sulfonamides is 1. The minimum absolute atomic E-state index is 0.0241. The fourth-order valence-corrected chi connectivity index (χ4v) is 5.01. The Morgan fingerprint density at radius 3 is 2.52 bits per heavy atom. The summed E-state index contributed by atoms with van der Waals surface area (Å²) in [7, 11) is -4.01. The van der Waals surface area contributed by atoms with Crippen molar-refractivity contribution < 1.29 is 22.3 Å². The molecule has 1 unspecified atom stereocenters. The summed E-state index contributed by atoms with van der Waals surface area (Å²) in [4.78, 5) is 12.3. The summed E-state index contributed by atoms with van der Waals surface area (Å²) in [5, 5.41) is 0.0833. The predicted octanol–water partition coefficient (Wildman–Crippen LogP) is 3.71. The molecule has 1 aliphatic rings. The molecule has 1 aliphatic heterocycles. The lowest BCUT2D eigenvalue weighted by Gasteiger charge is -2.26. The zero-order chi connectivity index (χ0) is 19.6. The van der Waals surface area contributed by atoms with E-state index in [1.165, 1.54) is 42.5 Å². The van der Waals surface area contributed by atoms with Crippen LogP contribution in [0, 0.1) is 5.82 Å². The molecule has 0 radical (unpaired) electrons. The first kappa shape index (κ1) is 19.5. The normalized spacial score (nSPS) is 17.6. The van der Waals surface area contributed by atoms with Crippen molar-refractivity contribution in [2.45, 2.75) is 17.9 Å². The second-order valence-corrected chi connectivity index (χ2v) is 8.11. The maximum Gasteiger partial charge on any atom is 0.335 e. The number of carbonyl (C=O) groups is 1. The molecule has 2 aromatic carbocycles. The first-order valence-electron chi connectivity index (χ1n) is 8.25. The van der Waals surface area contributed by atoms with Crippen molar-refractivity contribution in [3.05, 3.63) is 76.6 Å². The summed E-state index contributed by atoms with van der Waals surface area (Å²) in [6, 6.07) is 10.5. The van der Waals surface area contributed by atoms with Crippen molar-refractivity contribution in [2.75, 3.05) is 13.2 Å². The molecule has 0 aliphatic carbocycles. The number of halogens is 2. The number of nitrogens with zero attached hydrogens (tertiary/aromatic N) is 1. The molecule has 1 atom stereocenters. The Labute approximate surface area is 162 Å². The van der Waals surface area contributed by atoms with Gasteiger partial charge in [0.15, 0.2) is 0 Å². The van der Waals surface area contributed by atoms with E-state index < -0.39 is 27.9 Å². The minimum Gasteiger partial charge on any atom is -0.463 e. The van der Waals surface area contributed by atoms with Crippen molar-refractivity contribution in [3.8, 4) is 0 Å². The van der Waals surface area contributed by atoms with Gasteiger partial charge in [0.1, 0.15) is 10.7 Å². The molecule has 0 spiro atoms. The summed E-state index contributed by atoms with van der Waals surface area (Å²) in [6.07, 6.45) is 1.51. The van der Waals surface area contributed by atoms with Crippen LogP contribution in [0.1, 0.15) is 18.5 Å². The number of esters is 1. The Bertz CT molecular complexity index is 989. The van der Waals surface area contributed by atoms with Crippen LogP contribution >= 0.6 is 11.6 Å². The quantitative estimate of drug-likeness (QED) is 0.706. The van der Waals surface area contributed by atoms with Gasteiger partial charge in [0.2, 0.25) is 10.0 Å². The van der Waals surface area contributed by atoms with Crippen LogP contribution in [0.2, 0.25) is 5.02 Å². The SMILES string of the molecule is CCOC(=O)C1=CCN(S(=O)(=O)c2ccccc2Cl)C1c1ccc(F)cc1. The van der Waals surface area contributed by atoms with Crippen LogP contribution in [-0.2, 0) is 19.6 Å². The lowest BCUT2D eigenvalue weighted by Crippen LogP contribution is -2.33. The molecule has 5 nitrogen and oxygen atoms in total. The molecule has 0 N–H and O–H groups in total. The fraction of sp³-hybridized carbons (Fsp3) is 0.211. The van der Waals surface area contributed by atoms with Gasteiger partial charge < -0.3 is 4.74 Å². The molecule has 8 heteroatoms. The van der Waals surface area contributed by atoms with E-state index in [0.29, 0.717) is 5.56 Å². The summed E-state index contributed by atoms with van der Waals surface area (Å²) < 4.78 is 46.0. The Morgan fingerprint density at radius 1 is 1.22 bits per heavy atom. The maximum atomic E-state index is 13.3. The standard InChI is InChI=1S/C19H17ClFNO4S/c1-2-26-19(23)15-11-12-22(18(15)13-7-9-14(21)10-8-13)27(24,25)17-6-4-3-5-16(17)20/h3-11,18H,2,12H2,1H3. The zero-order valence-electron chi connectivity index (χ0n) is 14.4. The van der Waals surface area contributed by atoms with Crippen molar-refractivity contribution in [3.63, 3.8) is 0 Å². The van der Waals surface area contributed by atoms with Crippen molar-refractivity contribution in [2.24, 2.45) is 0 Å². The summed E-state index contributed by atoms with van der Waals surface area (Å²) >= 11 is 6.09. The molecule has 0 bridgehead atoms. The van der Waals surface area contributed by atoms with Crippen LogP contribution in [-0.4, -0.2) is 31.8 Å². The van der Waals surface area contributed by atoms with Gasteiger partial charge in [-0.1, -0.05) is 41.9 Å². The van der Waals surface area contributed by atoms with Gasteiger partial charge in [-0.25, -0.2) is 17.6 Å². The van der Waals surface area contributed by atoms with Crippen LogP contribution in [0.5, 0.6) is 0 Å². The van der Waals surface area contributed by atoms with E-state index in [1.807, 2.05) is 0 Å². The van der Waals surface area contributed by atoms with Gasteiger partial charge in [-0.2, -0.15) is 4.31 Å². The average Bonchev–Trinajstić information content (AvgIpc) is 3.09. The molecule has 0 aromatic heterocycles. The number of rotatable bonds is 5. The van der Waals surface area contributed by atoms with E-state index >= 15 is 0 Å². The molecule has 2 aromatic rings. The molecule has 0 amide bonds. The molecule has 0 saturated heterocycles. The molecule has 27 heavy (non-hydrogen) atoms. The van der Waals surface area contributed by atoms with Crippen molar-refractivity contribution in [1.82, 2.24) is 4.31 Å². The van der Waals surface area contributed by atoms with E-state index in [1.54, 1.807) is 19.1 Å². The van der Waals surface area contributed by atoms with E-state index in [-0.39, 0.29) is 28.6 Å². The van der Waals surface area contributed by atoms with Crippen molar-refractivity contribution >= 4 is 27.6 Å². The molecular weight excluding hydrogens is 393 g/mol. The average molecular weight is 410 g/mol. The van der Waals surface area contributed by atoms with Crippen LogP contribution in [0.25, 0.3) is 0 Å². The number of carbonyl (C=O) groups excluding carboxylic acids is 1. The topological polar surface area (TPSA) is 63.7 Å². The molecule has 3 rings (SSSR count). The Kier molecular flexibility index (Phi) is 5.64. The molecule has 0 fully saturated rings. The second-order valence-electron chi connectivity index (χ2n) is 5.84. The number of ether oxygens (including phenoxy) is 1. The highest BCUT2D eigenvalue weighted by Gasteiger charge is 2.41. The third kappa shape index (κ3) is 3.76. The van der Waals surface area contributed by atoms with Gasteiger partial charge in [-0.15, -0.1) is 0 Å². The monoisotopic (exact) mass is 409 g/mol. The van der Waals surface area contributed by atoms with Gasteiger partial charge in [0.05, 0.1) is 23.2 Å². The number of benzene rings is 2. The van der Waals surface area contributed by atoms with Gasteiger partial charge in [-0.05, 0) is 36.8 Å². The summed E-state index contributed by atoms with van der Waals surface area (Å²) in [6.45, 7) is 1.80. The van der Waals surface area contributed by atoms with Crippen LogP contribution < -0.4 is 0 Å². The Hall–Kier alpha value is -2.22. The van der Waals surface area contributed by atoms with Crippen LogP contribution in [0.15, 0.2) is 65.1 Å². The highest BCUT2D eigenvalue weighted by atomic mass is 35.5. The van der Waals surface area contributed by atoms with Gasteiger partial charge in [0, 0.05) is 6.54 Å². The number of hydrogen-bond donors (Lipinski definition) is 0. The van der Waals surface area contributed by atoms with Gasteiger partial charge in [-0.3, -0.25) is 0 Å². The van der Waals surface area contributed by atoms with Crippen molar-refractivity contribution in [1.29, 1.82) is 0 Å². The maximum absolute atomic E-state index is 13.3. The molecular formula is C19H17ClFNO4S. The second kappa shape index (κ2) is 7.80. The lowest BCUT2D eigenvalue weighted by atomic mass is 10.0. The molecule has 142 valence electrons. The fourth-order valence-electron chi connectivity index (χ4n) is 2.98.